The molecule has 170 valence electrons. The number of hydrogen-bond donors (Lipinski definition) is 1. The molecule has 9 nitrogen and oxygen atoms in total. The van der Waals surface area contributed by atoms with Crippen LogP contribution in [0.4, 0.5) is 4.79 Å². The summed E-state index contributed by atoms with van der Waals surface area (Å²) in [6, 6.07) is 3.56. The van der Waals surface area contributed by atoms with Crippen LogP contribution in [-0.4, -0.2) is 72.2 Å². The minimum atomic E-state index is -0.495. The van der Waals surface area contributed by atoms with E-state index in [1.807, 2.05) is 44.6 Å². The van der Waals surface area contributed by atoms with Crippen LogP contribution in [0.5, 0.6) is 5.75 Å². The molecular weight excluding hydrogens is 400 g/mol. The second-order valence-corrected chi connectivity index (χ2v) is 8.66. The molecule has 3 rings (SSSR count). The molecule has 1 aromatic carbocycles. The highest BCUT2D eigenvalue weighted by Crippen LogP contribution is 2.30. The fourth-order valence-electron chi connectivity index (χ4n) is 3.48. The van der Waals surface area contributed by atoms with Crippen molar-refractivity contribution >= 4 is 22.9 Å². The molecular formula is C22H32N4O5. The van der Waals surface area contributed by atoms with Crippen LogP contribution in [0.15, 0.2) is 18.3 Å². The molecule has 0 saturated carbocycles. The molecule has 31 heavy (non-hydrogen) atoms. The van der Waals surface area contributed by atoms with Gasteiger partial charge >= 0.3 is 6.09 Å². The van der Waals surface area contributed by atoms with Gasteiger partial charge in [-0.1, -0.05) is 0 Å². The summed E-state index contributed by atoms with van der Waals surface area (Å²) in [4.78, 5) is 26.4. The smallest absolute Gasteiger partial charge is 0.410 e. The van der Waals surface area contributed by atoms with E-state index < -0.39 is 5.60 Å². The largest absolute Gasteiger partial charge is 0.492 e. The lowest BCUT2D eigenvalue weighted by atomic mass is 10.0. The van der Waals surface area contributed by atoms with Gasteiger partial charge in [-0.05, 0) is 39.8 Å². The Bertz CT molecular complexity index is 928. The highest BCUT2D eigenvalue weighted by Gasteiger charge is 2.34. The number of aromatic nitrogens is 2. The van der Waals surface area contributed by atoms with Gasteiger partial charge in [-0.25, -0.2) is 4.79 Å². The number of benzene rings is 1. The number of methoxy groups -OCH3 is 1. The molecule has 2 aromatic rings. The average molecular weight is 433 g/mol. The van der Waals surface area contributed by atoms with Crippen LogP contribution in [-0.2, 0) is 16.0 Å². The molecule has 9 heteroatoms. The topological polar surface area (TPSA) is 94.9 Å². The number of carbonyl (C=O) groups is 2. The van der Waals surface area contributed by atoms with Gasteiger partial charge < -0.3 is 24.4 Å². The molecule has 1 N–H and O–H groups in total. The Hall–Kier alpha value is -2.81. The molecule has 0 bridgehead atoms. The molecule has 1 aliphatic heterocycles. The quantitative estimate of drug-likeness (QED) is 0.645. The lowest BCUT2D eigenvalue weighted by molar-refractivity contribution is -0.00381. The third-order valence-corrected chi connectivity index (χ3v) is 4.87. The molecule has 1 saturated heterocycles. The Morgan fingerprint density at radius 3 is 2.65 bits per heavy atom. The average Bonchev–Trinajstić information content (AvgIpc) is 3.06. The third kappa shape index (κ3) is 5.66. The van der Waals surface area contributed by atoms with Crippen molar-refractivity contribution in [3.8, 4) is 5.75 Å². The van der Waals surface area contributed by atoms with Crippen LogP contribution in [0.3, 0.4) is 0 Å². The number of carbonyl (C=O) groups excluding carboxylic acids is 2. The summed E-state index contributed by atoms with van der Waals surface area (Å²) in [5, 5.41) is 8.26. The maximum absolute atomic E-state index is 12.6. The van der Waals surface area contributed by atoms with Gasteiger partial charge in [0.25, 0.3) is 5.91 Å². The molecule has 2 amide bonds. The van der Waals surface area contributed by atoms with E-state index in [1.165, 1.54) is 0 Å². The van der Waals surface area contributed by atoms with E-state index in [1.54, 1.807) is 18.1 Å². The third-order valence-electron chi connectivity index (χ3n) is 4.87. The molecule has 0 atom stereocenters. The second kappa shape index (κ2) is 9.55. The van der Waals surface area contributed by atoms with Crippen LogP contribution in [0.1, 0.15) is 38.1 Å². The normalized spacial score (nSPS) is 14.4. The summed E-state index contributed by atoms with van der Waals surface area (Å²) in [6.07, 6.45) is 1.62. The molecule has 1 aromatic heterocycles. The van der Waals surface area contributed by atoms with E-state index in [2.05, 4.69) is 10.4 Å². The monoisotopic (exact) mass is 432 g/mol. The number of nitrogens with zero attached hydrogens (tertiary/aromatic N) is 3. The van der Waals surface area contributed by atoms with Crippen molar-refractivity contribution in [3.05, 3.63) is 23.9 Å². The Morgan fingerprint density at radius 1 is 1.26 bits per heavy atom. The van der Waals surface area contributed by atoms with Crippen molar-refractivity contribution in [2.45, 2.75) is 39.8 Å². The molecule has 0 aliphatic carbocycles. The van der Waals surface area contributed by atoms with E-state index in [0.717, 1.165) is 10.9 Å². The number of rotatable bonds is 8. The van der Waals surface area contributed by atoms with Gasteiger partial charge in [0.15, 0.2) is 0 Å². The first-order valence-electron chi connectivity index (χ1n) is 10.6. The zero-order valence-electron chi connectivity index (χ0n) is 18.9. The molecule has 1 fully saturated rings. The minimum absolute atomic E-state index is 0.206. The summed E-state index contributed by atoms with van der Waals surface area (Å²) >= 11 is 0. The fraction of sp³-hybridized carbons (Fsp3) is 0.591. The molecule has 0 radical (unpaired) electrons. The second-order valence-electron chi connectivity index (χ2n) is 8.66. The van der Waals surface area contributed by atoms with Crippen LogP contribution >= 0.6 is 0 Å². The van der Waals surface area contributed by atoms with Crippen LogP contribution < -0.4 is 10.1 Å². The van der Waals surface area contributed by atoms with Crippen molar-refractivity contribution in [3.63, 3.8) is 0 Å². The Balaban J connectivity index is 1.69. The van der Waals surface area contributed by atoms with Crippen molar-refractivity contribution < 1.29 is 23.8 Å². The van der Waals surface area contributed by atoms with E-state index in [4.69, 9.17) is 14.2 Å². The van der Waals surface area contributed by atoms with Gasteiger partial charge in [-0.3, -0.25) is 9.48 Å². The summed E-state index contributed by atoms with van der Waals surface area (Å²) in [7, 11) is 1.59. The van der Waals surface area contributed by atoms with Gasteiger partial charge in [-0.15, -0.1) is 0 Å². The minimum Gasteiger partial charge on any atom is -0.492 e. The number of nitrogens with one attached hydrogen (secondary N) is 1. The summed E-state index contributed by atoms with van der Waals surface area (Å²) < 4.78 is 18.1. The first-order chi connectivity index (χ1) is 14.7. The highest BCUT2D eigenvalue weighted by molar-refractivity contribution is 6.03. The van der Waals surface area contributed by atoms with Gasteiger partial charge in [0.2, 0.25) is 0 Å². The Morgan fingerprint density at radius 2 is 2.00 bits per heavy atom. The molecule has 0 spiro atoms. The van der Waals surface area contributed by atoms with E-state index in [-0.39, 0.29) is 12.0 Å². The number of amides is 2. The van der Waals surface area contributed by atoms with Gasteiger partial charge in [0.1, 0.15) is 11.4 Å². The van der Waals surface area contributed by atoms with Crippen molar-refractivity contribution in [2.24, 2.45) is 5.92 Å². The lowest BCUT2D eigenvalue weighted by Gasteiger charge is -2.39. The highest BCUT2D eigenvalue weighted by atomic mass is 16.6. The van der Waals surface area contributed by atoms with Gasteiger partial charge in [0, 0.05) is 45.4 Å². The number of fused-ring (bicyclic) bond motifs is 1. The van der Waals surface area contributed by atoms with Crippen molar-refractivity contribution in [1.82, 2.24) is 20.0 Å². The number of likely N-dealkylation sites (tertiary alicyclic amines) is 1. The molecule has 0 unspecified atom stereocenters. The first-order valence-corrected chi connectivity index (χ1v) is 10.6. The van der Waals surface area contributed by atoms with Crippen molar-refractivity contribution in [2.75, 3.05) is 40.0 Å². The van der Waals surface area contributed by atoms with Crippen molar-refractivity contribution in [1.29, 1.82) is 0 Å². The van der Waals surface area contributed by atoms with Gasteiger partial charge in [-0.2, -0.15) is 5.10 Å². The predicted molar refractivity (Wildman–Crippen MR) is 116 cm³/mol. The summed E-state index contributed by atoms with van der Waals surface area (Å²) in [5.41, 5.74) is 0.746. The van der Waals surface area contributed by atoms with E-state index in [0.29, 0.717) is 56.6 Å². The fourth-order valence-corrected chi connectivity index (χ4v) is 3.48. The zero-order chi connectivity index (χ0) is 22.6. The van der Waals surface area contributed by atoms with Crippen LogP contribution in [0, 0.1) is 5.92 Å². The van der Waals surface area contributed by atoms with Crippen LogP contribution in [0.2, 0.25) is 0 Å². The maximum Gasteiger partial charge on any atom is 0.410 e. The molecule has 2 heterocycles. The van der Waals surface area contributed by atoms with E-state index >= 15 is 0 Å². The summed E-state index contributed by atoms with van der Waals surface area (Å²) in [6.45, 7) is 10.7. The predicted octanol–water partition coefficient (Wildman–Crippen LogP) is 2.68. The first kappa shape index (κ1) is 22.9. The van der Waals surface area contributed by atoms with E-state index in [9.17, 15) is 9.59 Å². The Kier molecular flexibility index (Phi) is 7.04. The summed E-state index contributed by atoms with van der Waals surface area (Å²) in [5.74, 6) is 0.626. The molecule has 1 aliphatic rings. The lowest BCUT2D eigenvalue weighted by Crippen LogP contribution is -2.52. The SMILES string of the molecule is CCOc1c(C(=O)NCCOC)ccc2nn(CC3CN(C(=O)OC(C)(C)C)C3)cc12. The standard InChI is InChI=1S/C22H32N4O5/c1-6-30-19-16(20(27)23-9-10-29-5)7-8-18-17(19)14-26(24-18)13-15-11-25(12-15)21(28)31-22(2,3)4/h7-8,14-15H,6,9-13H2,1-5H3,(H,23,27). The zero-order valence-corrected chi connectivity index (χ0v) is 18.9. The van der Waals surface area contributed by atoms with Gasteiger partial charge in [0.05, 0.1) is 29.7 Å². The number of hydrogen-bond acceptors (Lipinski definition) is 6. The maximum atomic E-state index is 12.6. The number of ether oxygens (including phenoxy) is 3. The van der Waals surface area contributed by atoms with Crippen LogP contribution in [0.25, 0.3) is 10.9 Å². The Labute approximate surface area is 182 Å².